The largest absolute Gasteiger partial charge is 0.444 e. The molecule has 214 valence electrons. The Bertz CT molecular complexity index is 1220. The first-order valence-corrected chi connectivity index (χ1v) is 16.7. The first kappa shape index (κ1) is 30.6. The molecule has 8 nitrogen and oxygen atoms in total. The molecule has 1 aromatic carbocycles. The molecule has 9 heteroatoms. The minimum atomic E-state index is -2.31. The van der Waals surface area contributed by atoms with Crippen LogP contribution in [0.15, 0.2) is 30.5 Å². The number of nitrogen functional groups attached to an aromatic ring is 1. The number of hydrogen-bond acceptors (Lipinski definition) is 6. The summed E-state index contributed by atoms with van der Waals surface area (Å²) in [6.07, 6.45) is 1.61. The van der Waals surface area contributed by atoms with Gasteiger partial charge in [-0.3, -0.25) is 9.69 Å². The van der Waals surface area contributed by atoms with Crippen LogP contribution in [0.2, 0.25) is 18.1 Å². The van der Waals surface area contributed by atoms with Crippen LogP contribution < -0.4 is 10.6 Å². The van der Waals surface area contributed by atoms with Gasteiger partial charge in [-0.2, -0.15) is 0 Å². The molecule has 0 bridgehead atoms. The Morgan fingerprint density at radius 1 is 1.15 bits per heavy atom. The molecular formula is C30H46N4O4Si. The highest BCUT2D eigenvalue weighted by atomic mass is 28.4. The number of nitrogens with zero attached hydrogens (tertiary/aromatic N) is 3. The summed E-state index contributed by atoms with van der Waals surface area (Å²) in [7, 11) is -2.31. The minimum absolute atomic E-state index is 0.0443. The topological polar surface area (TPSA) is 98.0 Å². The molecular weight excluding hydrogens is 508 g/mol. The van der Waals surface area contributed by atoms with Crippen LogP contribution >= 0.6 is 0 Å². The molecule has 0 aliphatic carbocycles. The molecule has 1 atom stereocenters. The molecule has 2 heterocycles. The van der Waals surface area contributed by atoms with Crippen molar-refractivity contribution in [2.45, 2.75) is 91.6 Å². The Morgan fingerprint density at radius 2 is 1.79 bits per heavy atom. The fourth-order valence-electron chi connectivity index (χ4n) is 4.54. The van der Waals surface area contributed by atoms with Crippen LogP contribution in [-0.2, 0) is 20.4 Å². The highest BCUT2D eigenvalue weighted by Gasteiger charge is 2.41. The monoisotopic (exact) mass is 554 g/mol. The zero-order valence-corrected chi connectivity index (χ0v) is 26.3. The second kappa shape index (κ2) is 11.3. The summed E-state index contributed by atoms with van der Waals surface area (Å²) >= 11 is 0. The van der Waals surface area contributed by atoms with Crippen molar-refractivity contribution >= 4 is 31.8 Å². The van der Waals surface area contributed by atoms with Gasteiger partial charge in [0.25, 0.3) is 0 Å². The van der Waals surface area contributed by atoms with Crippen LogP contribution in [0, 0.1) is 0 Å². The highest BCUT2D eigenvalue weighted by molar-refractivity contribution is 6.74. The molecule has 1 unspecified atom stereocenters. The second-order valence-corrected chi connectivity index (χ2v) is 17.5. The van der Waals surface area contributed by atoms with Gasteiger partial charge in [-0.15, -0.1) is 0 Å². The van der Waals surface area contributed by atoms with Gasteiger partial charge in [-0.25, -0.2) is 9.78 Å². The number of anilines is 2. The van der Waals surface area contributed by atoms with E-state index in [4.69, 9.17) is 19.9 Å². The van der Waals surface area contributed by atoms with E-state index in [0.29, 0.717) is 37.6 Å². The summed E-state index contributed by atoms with van der Waals surface area (Å²) < 4.78 is 12.8. The lowest BCUT2D eigenvalue weighted by Gasteiger charge is -2.41. The number of aromatic nitrogens is 1. The summed E-state index contributed by atoms with van der Waals surface area (Å²) in [5.74, 6) is 0.618. The molecule has 3 rings (SSSR count). The minimum Gasteiger partial charge on any atom is -0.444 e. The van der Waals surface area contributed by atoms with Gasteiger partial charge in [-0.1, -0.05) is 39.0 Å². The van der Waals surface area contributed by atoms with Gasteiger partial charge in [0.05, 0.1) is 12.6 Å². The number of pyridine rings is 1. The summed E-state index contributed by atoms with van der Waals surface area (Å²) in [5.41, 5.74) is 10.2. The molecule has 0 spiro atoms. The highest BCUT2D eigenvalue weighted by Crippen LogP contribution is 2.45. The van der Waals surface area contributed by atoms with Crippen molar-refractivity contribution in [3.63, 3.8) is 0 Å². The molecule has 39 heavy (non-hydrogen) atoms. The third-order valence-corrected chi connectivity index (χ3v) is 12.1. The first-order chi connectivity index (χ1) is 18.0. The molecule has 2 aromatic rings. The number of para-hydroxylation sites is 1. The van der Waals surface area contributed by atoms with Crippen molar-refractivity contribution in [2.24, 2.45) is 0 Å². The maximum absolute atomic E-state index is 13.2. The quantitative estimate of drug-likeness (QED) is 0.307. The fraction of sp³-hybridized carbons (Fsp3) is 0.567. The molecule has 0 saturated carbocycles. The predicted molar refractivity (Wildman–Crippen MR) is 160 cm³/mol. The number of carbonyl (C=O) groups is 2. The van der Waals surface area contributed by atoms with Gasteiger partial charge in [0.2, 0.25) is 5.91 Å². The van der Waals surface area contributed by atoms with Crippen LogP contribution in [0.5, 0.6) is 0 Å². The second-order valence-electron chi connectivity index (χ2n) is 12.8. The Labute approximate surface area is 235 Å². The number of ether oxygens (including phenoxy) is 1. The summed E-state index contributed by atoms with van der Waals surface area (Å²) in [4.78, 5) is 33.8. The third-order valence-electron chi connectivity index (χ3n) is 7.65. The van der Waals surface area contributed by atoms with Crippen molar-refractivity contribution in [3.05, 3.63) is 41.6 Å². The van der Waals surface area contributed by atoms with E-state index in [1.165, 1.54) is 0 Å². The van der Waals surface area contributed by atoms with Crippen molar-refractivity contribution in [1.82, 2.24) is 9.88 Å². The Balaban J connectivity index is 2.23. The Hall–Kier alpha value is -2.91. The molecule has 0 saturated heterocycles. The number of amides is 2. The smallest absolute Gasteiger partial charge is 0.410 e. The number of hydrogen-bond donors (Lipinski definition) is 1. The number of rotatable bonds is 7. The van der Waals surface area contributed by atoms with Gasteiger partial charge < -0.3 is 19.8 Å². The molecule has 2 N–H and O–H groups in total. The molecule has 1 aliphatic heterocycles. The van der Waals surface area contributed by atoms with Gasteiger partial charge in [0.1, 0.15) is 11.4 Å². The van der Waals surface area contributed by atoms with E-state index >= 15 is 0 Å². The number of fused-ring (bicyclic) bond motifs is 1. The summed E-state index contributed by atoms with van der Waals surface area (Å²) in [6, 6.07) is 7.75. The zero-order valence-electron chi connectivity index (χ0n) is 25.3. The Kier molecular flexibility index (Phi) is 8.87. The van der Waals surface area contributed by atoms with Crippen LogP contribution in [0.4, 0.5) is 16.3 Å². The fourth-order valence-corrected chi connectivity index (χ4v) is 5.81. The number of benzene rings is 1. The average molecular weight is 555 g/mol. The lowest BCUT2D eigenvalue weighted by atomic mass is 9.91. The van der Waals surface area contributed by atoms with Crippen LogP contribution in [0.3, 0.4) is 0 Å². The van der Waals surface area contributed by atoms with Gasteiger partial charge in [0.15, 0.2) is 8.32 Å². The van der Waals surface area contributed by atoms with Crippen molar-refractivity contribution in [3.8, 4) is 11.1 Å². The van der Waals surface area contributed by atoms with Crippen molar-refractivity contribution in [2.75, 3.05) is 30.3 Å². The van der Waals surface area contributed by atoms with Crippen molar-refractivity contribution in [1.29, 1.82) is 0 Å². The van der Waals surface area contributed by atoms with Crippen LogP contribution in [0.1, 0.15) is 72.6 Å². The maximum Gasteiger partial charge on any atom is 0.410 e. The molecule has 1 aliphatic rings. The first-order valence-electron chi connectivity index (χ1n) is 13.8. The van der Waals surface area contributed by atoms with E-state index in [2.05, 4.69) is 33.9 Å². The van der Waals surface area contributed by atoms with Crippen LogP contribution in [0.25, 0.3) is 11.1 Å². The van der Waals surface area contributed by atoms with Gasteiger partial charge >= 0.3 is 6.09 Å². The number of nitrogens with two attached hydrogens (primary N) is 1. The van der Waals surface area contributed by atoms with E-state index in [0.717, 1.165) is 22.3 Å². The predicted octanol–water partition coefficient (Wildman–Crippen LogP) is 6.56. The standard InChI is InChI=1S/C30H46N4O4Si/c1-11-33(28(36)37-29(3,4)5)19-25(38-39(9,10)30(6,7)8)23-18-32-27-22(16-17-34(27)20(2)35)26(23)21-14-12-13-15-24(21)31/h12-15,18,25H,11,16-17,19,31H2,1-10H3. The SMILES string of the molecule is CCN(CC(O[Si](C)(C)C(C)(C)C)c1cnc2c(c1-c1ccccc1N)CCN2C(C)=O)C(=O)OC(C)(C)C. The normalized spacial score (nSPS) is 14.7. The third kappa shape index (κ3) is 6.81. The number of likely N-dealkylation sites (N-methyl/N-ethyl adjacent to an activating group) is 1. The van der Waals surface area contributed by atoms with Gasteiger partial charge in [-0.05, 0) is 63.9 Å². The zero-order chi connectivity index (χ0) is 29.3. The maximum atomic E-state index is 13.2. The average Bonchev–Trinajstić information content (AvgIpc) is 3.24. The van der Waals surface area contributed by atoms with Crippen molar-refractivity contribution < 1.29 is 18.8 Å². The van der Waals surface area contributed by atoms with E-state index in [1.54, 1.807) is 16.7 Å². The number of carbonyl (C=O) groups excluding carboxylic acids is 2. The molecule has 2 amide bonds. The molecule has 1 aromatic heterocycles. The summed E-state index contributed by atoms with van der Waals surface area (Å²) in [5, 5.41) is -0.0598. The molecule has 0 fully saturated rings. The van der Waals surface area contributed by atoms with Gasteiger partial charge in [0, 0.05) is 48.6 Å². The van der Waals surface area contributed by atoms with Crippen LogP contribution in [-0.4, -0.2) is 55.4 Å². The Morgan fingerprint density at radius 3 is 2.33 bits per heavy atom. The van der Waals surface area contributed by atoms with E-state index < -0.39 is 20.0 Å². The lowest BCUT2D eigenvalue weighted by molar-refractivity contribution is -0.116. The van der Waals surface area contributed by atoms with E-state index in [1.807, 2.05) is 58.2 Å². The van der Waals surface area contributed by atoms with E-state index in [-0.39, 0.29) is 17.0 Å². The lowest BCUT2D eigenvalue weighted by Crippen LogP contribution is -2.45. The summed E-state index contributed by atoms with van der Waals surface area (Å²) in [6.45, 7) is 21.4. The van der Waals surface area contributed by atoms with E-state index in [9.17, 15) is 9.59 Å². The molecule has 0 radical (unpaired) electrons.